The Hall–Kier alpha value is -1.02. The SMILES string of the molecule is CC[C@H](N)c1c(C)cccc1OC. The summed E-state index contributed by atoms with van der Waals surface area (Å²) in [4.78, 5) is 0. The van der Waals surface area contributed by atoms with E-state index in [9.17, 15) is 0 Å². The summed E-state index contributed by atoms with van der Waals surface area (Å²) in [7, 11) is 1.68. The van der Waals surface area contributed by atoms with E-state index in [1.807, 2.05) is 12.1 Å². The molecule has 0 aliphatic carbocycles. The Bertz CT molecular complexity index is 283. The highest BCUT2D eigenvalue weighted by Gasteiger charge is 2.11. The Morgan fingerprint density at radius 3 is 2.69 bits per heavy atom. The summed E-state index contributed by atoms with van der Waals surface area (Å²) >= 11 is 0. The van der Waals surface area contributed by atoms with E-state index in [1.165, 1.54) is 5.56 Å². The van der Waals surface area contributed by atoms with Gasteiger partial charge in [0.2, 0.25) is 0 Å². The molecule has 2 heteroatoms. The molecule has 0 spiro atoms. The number of hydrogen-bond donors (Lipinski definition) is 1. The Balaban J connectivity index is 3.14. The van der Waals surface area contributed by atoms with Gasteiger partial charge < -0.3 is 10.5 Å². The molecule has 0 unspecified atom stereocenters. The maximum absolute atomic E-state index is 5.99. The van der Waals surface area contributed by atoms with Crippen LogP contribution in [0.5, 0.6) is 5.75 Å². The summed E-state index contributed by atoms with van der Waals surface area (Å²) in [6.45, 7) is 4.14. The van der Waals surface area contributed by atoms with Crippen LogP contribution in [0.4, 0.5) is 0 Å². The minimum Gasteiger partial charge on any atom is -0.496 e. The van der Waals surface area contributed by atoms with E-state index in [1.54, 1.807) is 7.11 Å². The summed E-state index contributed by atoms with van der Waals surface area (Å²) in [5, 5.41) is 0. The van der Waals surface area contributed by atoms with Crippen LogP contribution in [0.2, 0.25) is 0 Å². The molecular formula is C11H17NO. The fourth-order valence-corrected chi connectivity index (χ4v) is 1.51. The quantitative estimate of drug-likeness (QED) is 0.773. The topological polar surface area (TPSA) is 35.2 Å². The average molecular weight is 179 g/mol. The van der Waals surface area contributed by atoms with Crippen LogP contribution in [0.15, 0.2) is 18.2 Å². The molecule has 0 saturated carbocycles. The van der Waals surface area contributed by atoms with Gasteiger partial charge in [0.05, 0.1) is 7.11 Å². The number of nitrogens with two attached hydrogens (primary N) is 1. The maximum Gasteiger partial charge on any atom is 0.123 e. The summed E-state index contributed by atoms with van der Waals surface area (Å²) in [6.07, 6.45) is 0.932. The highest BCUT2D eigenvalue weighted by Crippen LogP contribution is 2.28. The van der Waals surface area contributed by atoms with Crippen LogP contribution < -0.4 is 10.5 Å². The molecule has 0 fully saturated rings. The summed E-state index contributed by atoms with van der Waals surface area (Å²) < 4.78 is 5.27. The van der Waals surface area contributed by atoms with E-state index < -0.39 is 0 Å². The van der Waals surface area contributed by atoms with Gasteiger partial charge >= 0.3 is 0 Å². The Labute approximate surface area is 79.7 Å². The monoisotopic (exact) mass is 179 g/mol. The standard InChI is InChI=1S/C11H17NO/c1-4-9(12)11-8(2)6-5-7-10(11)13-3/h5-7,9H,4,12H2,1-3H3/t9-/m0/s1. The number of methoxy groups -OCH3 is 1. The third kappa shape index (κ3) is 2.01. The lowest BCUT2D eigenvalue weighted by Crippen LogP contribution is -2.11. The van der Waals surface area contributed by atoms with Crippen LogP contribution in [0.1, 0.15) is 30.5 Å². The Kier molecular flexibility index (Phi) is 3.32. The lowest BCUT2D eigenvalue weighted by atomic mass is 9.99. The van der Waals surface area contributed by atoms with Gasteiger partial charge in [-0.2, -0.15) is 0 Å². The zero-order valence-electron chi connectivity index (χ0n) is 8.50. The molecule has 0 aliphatic rings. The first-order chi connectivity index (χ1) is 6.20. The van der Waals surface area contributed by atoms with Gasteiger partial charge in [-0.15, -0.1) is 0 Å². The first kappa shape index (κ1) is 10.1. The minimum atomic E-state index is 0.0798. The van der Waals surface area contributed by atoms with Crippen molar-refractivity contribution in [3.05, 3.63) is 29.3 Å². The van der Waals surface area contributed by atoms with Crippen molar-refractivity contribution in [2.45, 2.75) is 26.3 Å². The van der Waals surface area contributed by atoms with Crippen molar-refractivity contribution in [1.29, 1.82) is 0 Å². The van der Waals surface area contributed by atoms with Gasteiger partial charge in [-0.25, -0.2) is 0 Å². The fourth-order valence-electron chi connectivity index (χ4n) is 1.51. The van der Waals surface area contributed by atoms with Gasteiger partial charge in [-0.1, -0.05) is 19.1 Å². The predicted octanol–water partition coefficient (Wildman–Crippen LogP) is 2.41. The van der Waals surface area contributed by atoms with Crippen LogP contribution in [0.3, 0.4) is 0 Å². The molecule has 0 aliphatic heterocycles. The second-order valence-corrected chi connectivity index (χ2v) is 3.21. The summed E-state index contributed by atoms with van der Waals surface area (Å²) in [5.74, 6) is 0.898. The van der Waals surface area contributed by atoms with E-state index in [-0.39, 0.29) is 6.04 Å². The first-order valence-electron chi connectivity index (χ1n) is 4.59. The zero-order valence-corrected chi connectivity index (χ0v) is 8.50. The van der Waals surface area contributed by atoms with Crippen LogP contribution in [-0.2, 0) is 0 Å². The zero-order chi connectivity index (χ0) is 9.84. The summed E-state index contributed by atoms with van der Waals surface area (Å²) in [6, 6.07) is 6.08. The smallest absolute Gasteiger partial charge is 0.123 e. The molecule has 0 saturated heterocycles. The van der Waals surface area contributed by atoms with Crippen molar-refractivity contribution in [1.82, 2.24) is 0 Å². The highest BCUT2D eigenvalue weighted by atomic mass is 16.5. The normalized spacial score (nSPS) is 12.6. The number of hydrogen-bond acceptors (Lipinski definition) is 2. The number of aryl methyl sites for hydroxylation is 1. The van der Waals surface area contributed by atoms with Gasteiger partial charge in [0, 0.05) is 11.6 Å². The minimum absolute atomic E-state index is 0.0798. The van der Waals surface area contributed by atoms with Crippen molar-refractivity contribution < 1.29 is 4.74 Å². The van der Waals surface area contributed by atoms with E-state index in [4.69, 9.17) is 10.5 Å². The van der Waals surface area contributed by atoms with E-state index in [2.05, 4.69) is 19.9 Å². The fraction of sp³-hybridized carbons (Fsp3) is 0.455. The third-order valence-electron chi connectivity index (χ3n) is 2.31. The molecule has 13 heavy (non-hydrogen) atoms. The maximum atomic E-state index is 5.99. The van der Waals surface area contributed by atoms with Crippen molar-refractivity contribution in [3.63, 3.8) is 0 Å². The molecule has 0 bridgehead atoms. The van der Waals surface area contributed by atoms with Crippen molar-refractivity contribution >= 4 is 0 Å². The van der Waals surface area contributed by atoms with Gasteiger partial charge in [0.15, 0.2) is 0 Å². The molecular weight excluding hydrogens is 162 g/mol. The number of benzene rings is 1. The second-order valence-electron chi connectivity index (χ2n) is 3.21. The molecule has 2 nitrogen and oxygen atoms in total. The molecule has 1 atom stereocenters. The van der Waals surface area contributed by atoms with Gasteiger partial charge in [-0.3, -0.25) is 0 Å². The van der Waals surface area contributed by atoms with Crippen molar-refractivity contribution in [3.8, 4) is 5.75 Å². The summed E-state index contributed by atoms with van der Waals surface area (Å²) in [5.41, 5.74) is 8.33. The lowest BCUT2D eigenvalue weighted by Gasteiger charge is -2.16. The van der Waals surface area contributed by atoms with E-state index >= 15 is 0 Å². The molecule has 72 valence electrons. The van der Waals surface area contributed by atoms with Crippen LogP contribution in [0.25, 0.3) is 0 Å². The molecule has 0 radical (unpaired) electrons. The Morgan fingerprint density at radius 1 is 1.46 bits per heavy atom. The van der Waals surface area contributed by atoms with Crippen LogP contribution in [0, 0.1) is 6.92 Å². The Morgan fingerprint density at radius 2 is 2.15 bits per heavy atom. The van der Waals surface area contributed by atoms with Crippen molar-refractivity contribution in [2.24, 2.45) is 5.73 Å². The molecule has 1 rings (SSSR count). The number of ether oxygens (including phenoxy) is 1. The van der Waals surface area contributed by atoms with Gasteiger partial charge in [0.1, 0.15) is 5.75 Å². The second kappa shape index (κ2) is 4.28. The van der Waals surface area contributed by atoms with Crippen molar-refractivity contribution in [2.75, 3.05) is 7.11 Å². The molecule has 0 amide bonds. The first-order valence-corrected chi connectivity index (χ1v) is 4.59. The predicted molar refractivity (Wildman–Crippen MR) is 55.0 cm³/mol. The van der Waals surface area contributed by atoms with Crippen LogP contribution >= 0.6 is 0 Å². The number of rotatable bonds is 3. The molecule has 1 aromatic rings. The lowest BCUT2D eigenvalue weighted by molar-refractivity contribution is 0.404. The van der Waals surface area contributed by atoms with E-state index in [0.29, 0.717) is 0 Å². The molecule has 2 N–H and O–H groups in total. The molecule has 0 aromatic heterocycles. The average Bonchev–Trinajstić information content (AvgIpc) is 2.16. The third-order valence-corrected chi connectivity index (χ3v) is 2.31. The van der Waals surface area contributed by atoms with Gasteiger partial charge in [0.25, 0.3) is 0 Å². The largest absolute Gasteiger partial charge is 0.496 e. The van der Waals surface area contributed by atoms with Crippen LogP contribution in [-0.4, -0.2) is 7.11 Å². The van der Waals surface area contributed by atoms with Gasteiger partial charge in [-0.05, 0) is 25.0 Å². The molecule has 0 heterocycles. The molecule has 1 aromatic carbocycles. The van der Waals surface area contributed by atoms with E-state index in [0.717, 1.165) is 17.7 Å². The highest BCUT2D eigenvalue weighted by molar-refractivity contribution is 5.41.